The summed E-state index contributed by atoms with van der Waals surface area (Å²) in [6.45, 7) is 8.03. The van der Waals surface area contributed by atoms with Gasteiger partial charge in [0, 0.05) is 0 Å². The van der Waals surface area contributed by atoms with Gasteiger partial charge in [-0.1, -0.05) is 141 Å². The van der Waals surface area contributed by atoms with Crippen molar-refractivity contribution in [1.29, 1.82) is 0 Å². The quantitative estimate of drug-likeness (QED) is 0.156. The number of nitrogens with two attached hydrogens (primary N) is 1. The van der Waals surface area contributed by atoms with Crippen molar-refractivity contribution in [2.45, 2.75) is 148 Å². The van der Waals surface area contributed by atoms with E-state index in [9.17, 15) is 0 Å². The van der Waals surface area contributed by atoms with Crippen LogP contribution in [0.4, 0.5) is 0 Å². The van der Waals surface area contributed by atoms with Gasteiger partial charge >= 0.3 is 0 Å². The number of hydrogen-bond donors (Lipinski definition) is 1. The zero-order valence-electron chi connectivity index (χ0n) is 18.9. The van der Waals surface area contributed by atoms with Crippen LogP contribution in [-0.2, 0) is 0 Å². The summed E-state index contributed by atoms with van der Waals surface area (Å²) in [5.41, 5.74) is 5.55. The van der Waals surface area contributed by atoms with E-state index in [1.165, 1.54) is 96.3 Å². The first-order chi connectivity index (χ1) is 12.7. The highest BCUT2D eigenvalue weighted by Gasteiger charge is 2.29. The van der Waals surface area contributed by atoms with E-state index in [0.717, 1.165) is 6.54 Å². The Morgan fingerprint density at radius 3 is 1.08 bits per heavy atom. The molecule has 0 saturated heterocycles. The van der Waals surface area contributed by atoms with Gasteiger partial charge in [-0.3, -0.25) is 0 Å². The maximum atomic E-state index is 5.55. The molecule has 0 bridgehead atoms. The van der Waals surface area contributed by atoms with E-state index in [4.69, 9.17) is 5.73 Å². The van der Waals surface area contributed by atoms with Gasteiger partial charge in [0.25, 0.3) is 0 Å². The Morgan fingerprint density at radius 1 is 0.423 bits per heavy atom. The van der Waals surface area contributed by atoms with E-state index in [-0.39, 0.29) is 0 Å². The average Bonchev–Trinajstić information content (AvgIpc) is 2.66. The van der Waals surface area contributed by atoms with Gasteiger partial charge in [0.2, 0.25) is 0 Å². The summed E-state index contributed by atoms with van der Waals surface area (Å²) in [5.74, 6) is 0. The minimum absolute atomic E-state index is 0.875. The lowest BCUT2D eigenvalue weighted by Crippen LogP contribution is -2.33. The van der Waals surface area contributed by atoms with Crippen molar-refractivity contribution in [2.24, 2.45) is 5.73 Å². The maximum absolute atomic E-state index is 5.55. The zero-order chi connectivity index (χ0) is 19.3. The minimum atomic E-state index is -0.963. The molecule has 0 atom stereocenters. The summed E-state index contributed by atoms with van der Waals surface area (Å²) in [5, 5.41) is 0. The molecule has 0 aromatic carbocycles. The van der Waals surface area contributed by atoms with Crippen LogP contribution in [0.15, 0.2) is 0 Å². The molecule has 2 heteroatoms. The molecule has 26 heavy (non-hydrogen) atoms. The zero-order valence-corrected chi connectivity index (χ0v) is 19.9. The molecule has 0 radical (unpaired) electrons. The third kappa shape index (κ3) is 15.3. The molecule has 0 spiro atoms. The SMILES string of the molecule is CCCC[Si](CCCC)(CCCC)CCCCCCCCCCCCN. The highest BCUT2D eigenvalue weighted by Crippen LogP contribution is 2.34. The third-order valence-corrected chi connectivity index (χ3v) is 12.0. The Morgan fingerprint density at radius 2 is 0.731 bits per heavy atom. The van der Waals surface area contributed by atoms with Crippen LogP contribution in [0.25, 0.3) is 0 Å². The molecule has 0 saturated carbocycles. The van der Waals surface area contributed by atoms with Gasteiger partial charge in [-0.2, -0.15) is 0 Å². The third-order valence-electron chi connectivity index (χ3n) is 6.34. The molecule has 0 aromatic heterocycles. The summed E-state index contributed by atoms with van der Waals surface area (Å²) >= 11 is 0. The second kappa shape index (κ2) is 19.9. The molecule has 0 unspecified atom stereocenters. The standard InChI is InChI=1S/C24H53NSi/c1-4-7-21-26(22-8-5-2,23-9-6-3)24-19-17-15-13-11-10-12-14-16-18-20-25/h4-25H2,1-3H3. The van der Waals surface area contributed by atoms with Gasteiger partial charge in [-0.15, -0.1) is 0 Å². The smallest absolute Gasteiger partial charge is 0.0535 e. The summed E-state index contributed by atoms with van der Waals surface area (Å²) in [4.78, 5) is 0. The molecule has 0 aliphatic heterocycles. The summed E-state index contributed by atoms with van der Waals surface area (Å²) in [6.07, 6.45) is 23.0. The number of hydrogen-bond acceptors (Lipinski definition) is 1. The summed E-state index contributed by atoms with van der Waals surface area (Å²) in [6, 6.07) is 6.54. The first-order valence-corrected chi connectivity index (χ1v) is 15.3. The van der Waals surface area contributed by atoms with Gasteiger partial charge in [0.05, 0.1) is 8.07 Å². The maximum Gasteiger partial charge on any atom is 0.0535 e. The molecule has 0 fully saturated rings. The largest absolute Gasteiger partial charge is 0.330 e. The Kier molecular flexibility index (Phi) is 20.1. The van der Waals surface area contributed by atoms with Crippen molar-refractivity contribution in [1.82, 2.24) is 0 Å². The van der Waals surface area contributed by atoms with Gasteiger partial charge in [0.15, 0.2) is 0 Å². The Hall–Kier alpha value is 0.177. The first kappa shape index (κ1) is 26.2. The second-order valence-electron chi connectivity index (χ2n) is 8.88. The van der Waals surface area contributed by atoms with Crippen LogP contribution >= 0.6 is 0 Å². The van der Waals surface area contributed by atoms with Crippen LogP contribution in [0.5, 0.6) is 0 Å². The van der Waals surface area contributed by atoms with Crippen molar-refractivity contribution < 1.29 is 0 Å². The molecular formula is C24H53NSi. The van der Waals surface area contributed by atoms with Crippen LogP contribution < -0.4 is 5.73 Å². The van der Waals surface area contributed by atoms with Crippen LogP contribution in [0.3, 0.4) is 0 Å². The Labute approximate surface area is 168 Å². The lowest BCUT2D eigenvalue weighted by molar-refractivity contribution is 0.557. The van der Waals surface area contributed by atoms with E-state index >= 15 is 0 Å². The molecule has 0 aromatic rings. The van der Waals surface area contributed by atoms with E-state index in [1.807, 2.05) is 0 Å². The van der Waals surface area contributed by atoms with Crippen LogP contribution in [0, 0.1) is 0 Å². The van der Waals surface area contributed by atoms with Gasteiger partial charge in [-0.05, 0) is 13.0 Å². The second-order valence-corrected chi connectivity index (χ2v) is 13.9. The molecule has 0 aliphatic carbocycles. The van der Waals surface area contributed by atoms with Crippen molar-refractivity contribution in [3.05, 3.63) is 0 Å². The number of rotatable bonds is 21. The van der Waals surface area contributed by atoms with Gasteiger partial charge < -0.3 is 5.73 Å². The van der Waals surface area contributed by atoms with E-state index in [1.54, 1.807) is 30.6 Å². The molecule has 0 aliphatic rings. The lowest BCUT2D eigenvalue weighted by Gasteiger charge is -2.32. The predicted molar refractivity (Wildman–Crippen MR) is 125 cm³/mol. The molecule has 158 valence electrons. The van der Waals surface area contributed by atoms with Crippen molar-refractivity contribution in [2.75, 3.05) is 6.54 Å². The van der Waals surface area contributed by atoms with E-state index in [2.05, 4.69) is 20.8 Å². The molecule has 0 rings (SSSR count). The van der Waals surface area contributed by atoms with Crippen molar-refractivity contribution >= 4 is 8.07 Å². The summed E-state index contributed by atoms with van der Waals surface area (Å²) < 4.78 is 0. The van der Waals surface area contributed by atoms with E-state index in [0.29, 0.717) is 0 Å². The Balaban J connectivity index is 3.95. The minimum Gasteiger partial charge on any atom is -0.330 e. The monoisotopic (exact) mass is 383 g/mol. The van der Waals surface area contributed by atoms with Gasteiger partial charge in [0.1, 0.15) is 0 Å². The van der Waals surface area contributed by atoms with E-state index < -0.39 is 8.07 Å². The van der Waals surface area contributed by atoms with Crippen molar-refractivity contribution in [3.8, 4) is 0 Å². The lowest BCUT2D eigenvalue weighted by atomic mass is 10.1. The fourth-order valence-electron chi connectivity index (χ4n) is 4.46. The van der Waals surface area contributed by atoms with Crippen LogP contribution in [0.1, 0.15) is 124 Å². The molecule has 2 N–H and O–H groups in total. The fourth-order valence-corrected chi connectivity index (χ4v) is 10.3. The average molecular weight is 384 g/mol. The topological polar surface area (TPSA) is 26.0 Å². The molecule has 0 amide bonds. The molecular weight excluding hydrogens is 330 g/mol. The first-order valence-electron chi connectivity index (χ1n) is 12.4. The molecule has 1 nitrogen and oxygen atoms in total. The predicted octanol–water partition coefficient (Wildman–Crippen LogP) is 8.70. The molecule has 0 heterocycles. The fraction of sp³-hybridized carbons (Fsp3) is 1.00. The van der Waals surface area contributed by atoms with Crippen LogP contribution in [0.2, 0.25) is 24.2 Å². The van der Waals surface area contributed by atoms with Crippen molar-refractivity contribution in [3.63, 3.8) is 0 Å². The van der Waals surface area contributed by atoms with Crippen LogP contribution in [-0.4, -0.2) is 14.6 Å². The Bertz CT molecular complexity index is 245. The highest BCUT2D eigenvalue weighted by atomic mass is 28.3. The normalized spacial score (nSPS) is 12.0. The van der Waals surface area contributed by atoms with Gasteiger partial charge in [-0.25, -0.2) is 0 Å². The summed E-state index contributed by atoms with van der Waals surface area (Å²) in [7, 11) is -0.963. The number of unbranched alkanes of at least 4 members (excludes halogenated alkanes) is 12. The highest BCUT2D eigenvalue weighted by molar-refractivity contribution is 6.79.